The van der Waals surface area contributed by atoms with Crippen molar-refractivity contribution < 1.29 is 4.48 Å². The van der Waals surface area contributed by atoms with E-state index in [-0.39, 0.29) is 7.85 Å². The molecule has 0 aromatic carbocycles. The maximum Gasteiger partial charge on any atom is 0.0786 e. The first-order valence-electron chi connectivity index (χ1n) is 8.32. The second-order valence-corrected chi connectivity index (χ2v) is 5.65. The summed E-state index contributed by atoms with van der Waals surface area (Å²) in [7, 11) is 0.0694. The summed E-state index contributed by atoms with van der Waals surface area (Å²) in [6.07, 6.45) is 11.1. The van der Waals surface area contributed by atoms with Crippen LogP contribution in [0.5, 0.6) is 0 Å². The van der Waals surface area contributed by atoms with E-state index in [9.17, 15) is 0 Å². The van der Waals surface area contributed by atoms with Crippen molar-refractivity contribution in [2.24, 2.45) is 0 Å². The average Bonchev–Trinajstić information content (AvgIpc) is 2.46. The van der Waals surface area contributed by atoms with Crippen LogP contribution in [0, 0.1) is 11.2 Å². The van der Waals surface area contributed by atoms with Crippen LogP contribution in [-0.2, 0) is 0 Å². The number of hydrogen-bond acceptors (Lipinski definition) is 1. The van der Waals surface area contributed by atoms with Gasteiger partial charge in [-0.15, -0.1) is 0 Å². The molecule has 2 nitrogen and oxygen atoms in total. The van der Waals surface area contributed by atoms with Gasteiger partial charge in [-0.3, -0.25) is 5.26 Å². The van der Waals surface area contributed by atoms with Crippen molar-refractivity contribution in [3.63, 3.8) is 0 Å². The van der Waals surface area contributed by atoms with Gasteiger partial charge in [0.2, 0.25) is 0 Å². The highest BCUT2D eigenvalue weighted by atomic mass is 15.3. The first-order chi connectivity index (χ1) is 9.66. The standard InChI is InChI=1S/C16H36N.CH3BN/c1-5-9-13-17(14-10-6-2,15-11-7-3)16-12-8-4;2-1-3/h5-16H2,1-4H3;2H3/q+1;-1. The van der Waals surface area contributed by atoms with Gasteiger partial charge in [0.05, 0.1) is 34.0 Å². The van der Waals surface area contributed by atoms with E-state index in [2.05, 4.69) is 27.7 Å². The maximum atomic E-state index is 7.43. The van der Waals surface area contributed by atoms with Crippen molar-refractivity contribution in [3.8, 4) is 5.97 Å². The molecule has 0 saturated heterocycles. The Balaban J connectivity index is 0. The molecule has 0 aliphatic carbocycles. The lowest BCUT2D eigenvalue weighted by atomic mass is 10.1. The zero-order valence-corrected chi connectivity index (χ0v) is 13.9. The van der Waals surface area contributed by atoms with Gasteiger partial charge in [-0.1, -0.05) is 53.4 Å². The Hall–Kier alpha value is -0.485. The van der Waals surface area contributed by atoms with Crippen LogP contribution in [0.15, 0.2) is 0 Å². The van der Waals surface area contributed by atoms with Gasteiger partial charge in [0.15, 0.2) is 0 Å². The summed E-state index contributed by atoms with van der Waals surface area (Å²) in [6.45, 7) is 15.0. The monoisotopic (exact) mass is 282 g/mol. The zero-order valence-electron chi connectivity index (χ0n) is 13.9. The molecule has 0 bridgehead atoms. The molecule has 0 aliphatic heterocycles. The number of quaternary nitrogens is 1. The second kappa shape index (κ2) is 16.6. The highest BCUT2D eigenvalue weighted by molar-refractivity contribution is 6.20. The summed E-state index contributed by atoms with van der Waals surface area (Å²) >= 11 is 0. The molecule has 0 aromatic rings. The molecule has 0 aromatic heterocycles. The van der Waals surface area contributed by atoms with Crippen molar-refractivity contribution in [2.75, 3.05) is 26.2 Å². The Labute approximate surface area is 129 Å². The molecule has 0 radical (unpaired) electrons. The van der Waals surface area contributed by atoms with E-state index in [4.69, 9.17) is 5.26 Å². The predicted molar refractivity (Wildman–Crippen MR) is 94.9 cm³/mol. The van der Waals surface area contributed by atoms with E-state index < -0.39 is 0 Å². The minimum absolute atomic E-state index is 0.0694. The van der Waals surface area contributed by atoms with Gasteiger partial charge in [-0.25, -0.2) is 0 Å². The number of rotatable bonds is 12. The van der Waals surface area contributed by atoms with Crippen LogP contribution >= 0.6 is 0 Å². The van der Waals surface area contributed by atoms with Gasteiger partial charge in [-0.2, -0.15) is 5.97 Å². The topological polar surface area (TPSA) is 23.8 Å². The van der Waals surface area contributed by atoms with Crippen molar-refractivity contribution in [3.05, 3.63) is 0 Å². The molecule has 3 heteroatoms. The first kappa shape index (κ1) is 21.8. The van der Waals surface area contributed by atoms with Crippen molar-refractivity contribution >= 4 is 7.85 Å². The fourth-order valence-corrected chi connectivity index (χ4v) is 2.64. The molecule has 0 aliphatic rings. The van der Waals surface area contributed by atoms with Crippen molar-refractivity contribution in [1.82, 2.24) is 0 Å². The summed E-state index contributed by atoms with van der Waals surface area (Å²) in [5.41, 5.74) is 0. The van der Waals surface area contributed by atoms with E-state index in [1.54, 1.807) is 0 Å². The summed E-state index contributed by atoms with van der Waals surface area (Å²) in [5.74, 6) is 2.00. The predicted octanol–water partition coefficient (Wildman–Crippen LogP) is 3.84. The molecule has 0 rings (SSSR count). The van der Waals surface area contributed by atoms with Crippen LogP contribution in [0.25, 0.3) is 0 Å². The highest BCUT2D eigenvalue weighted by Crippen LogP contribution is 2.16. The van der Waals surface area contributed by atoms with Gasteiger partial charge in [0.1, 0.15) is 0 Å². The fraction of sp³-hybridized carbons (Fsp3) is 0.941. The molecular formula is C17H39BN2. The fourth-order valence-electron chi connectivity index (χ4n) is 2.64. The first-order valence-corrected chi connectivity index (χ1v) is 8.32. The SMILES string of the molecule is CCCC[N+](CCCC)(CCCC)CCCC.[BH3-]C#N. The molecule has 0 saturated carbocycles. The summed E-state index contributed by atoms with van der Waals surface area (Å²) < 4.78 is 1.42. The third-order valence-electron chi connectivity index (χ3n) is 3.94. The van der Waals surface area contributed by atoms with E-state index in [0.717, 1.165) is 0 Å². The molecule has 0 N–H and O–H groups in total. The van der Waals surface area contributed by atoms with Gasteiger partial charge in [0, 0.05) is 0 Å². The Morgan fingerprint density at radius 2 is 0.900 bits per heavy atom. The maximum absolute atomic E-state index is 7.43. The van der Waals surface area contributed by atoms with Crippen LogP contribution in [0.1, 0.15) is 79.1 Å². The highest BCUT2D eigenvalue weighted by Gasteiger charge is 2.24. The molecule has 0 spiro atoms. The third kappa shape index (κ3) is 12.5. The van der Waals surface area contributed by atoms with E-state index in [1.807, 2.05) is 5.97 Å². The molecule has 120 valence electrons. The summed E-state index contributed by atoms with van der Waals surface area (Å²) in [6, 6.07) is 0. The average molecular weight is 282 g/mol. The van der Waals surface area contributed by atoms with E-state index in [1.165, 1.54) is 82.0 Å². The molecule has 0 unspecified atom stereocenters. The quantitative estimate of drug-likeness (QED) is 0.394. The normalized spacial score (nSPS) is 10.6. The van der Waals surface area contributed by atoms with Gasteiger partial charge < -0.3 is 4.48 Å². The van der Waals surface area contributed by atoms with Crippen LogP contribution in [0.2, 0.25) is 0 Å². The third-order valence-corrected chi connectivity index (χ3v) is 3.94. The lowest BCUT2D eigenvalue weighted by Gasteiger charge is -2.39. The lowest BCUT2D eigenvalue weighted by molar-refractivity contribution is -0.929. The Bertz CT molecular complexity index is 186. The molecule has 0 amide bonds. The van der Waals surface area contributed by atoms with Crippen LogP contribution in [0.3, 0.4) is 0 Å². The minimum atomic E-state index is 0.0694. The van der Waals surface area contributed by atoms with Gasteiger partial charge in [-0.05, 0) is 25.7 Å². The minimum Gasteiger partial charge on any atom is -0.324 e. The lowest BCUT2D eigenvalue weighted by Crippen LogP contribution is -2.50. The Kier molecular flexibility index (Phi) is 18.1. The van der Waals surface area contributed by atoms with Crippen molar-refractivity contribution in [2.45, 2.75) is 79.1 Å². The molecule has 0 fully saturated rings. The van der Waals surface area contributed by atoms with E-state index in [0.29, 0.717) is 0 Å². The summed E-state index contributed by atoms with van der Waals surface area (Å²) in [4.78, 5) is 0. The largest absolute Gasteiger partial charge is 0.324 e. The summed E-state index contributed by atoms with van der Waals surface area (Å²) in [5, 5.41) is 7.43. The van der Waals surface area contributed by atoms with Crippen molar-refractivity contribution in [1.29, 1.82) is 5.26 Å². The molecule has 20 heavy (non-hydrogen) atoms. The van der Waals surface area contributed by atoms with Crippen LogP contribution in [0.4, 0.5) is 0 Å². The molecule has 0 heterocycles. The van der Waals surface area contributed by atoms with E-state index >= 15 is 0 Å². The van der Waals surface area contributed by atoms with Gasteiger partial charge in [0.25, 0.3) is 0 Å². The Morgan fingerprint density at radius 1 is 0.700 bits per heavy atom. The van der Waals surface area contributed by atoms with Gasteiger partial charge >= 0.3 is 0 Å². The number of unbranched alkanes of at least 4 members (excludes halogenated alkanes) is 4. The zero-order chi connectivity index (χ0) is 15.7. The molecular weight excluding hydrogens is 243 g/mol. The second-order valence-electron chi connectivity index (χ2n) is 5.65. The van der Waals surface area contributed by atoms with Crippen LogP contribution in [-0.4, -0.2) is 38.5 Å². The molecule has 0 atom stereocenters. The number of nitriles is 1. The van der Waals surface area contributed by atoms with Crippen LogP contribution < -0.4 is 0 Å². The number of hydrogen-bond donors (Lipinski definition) is 0. The number of nitrogens with zero attached hydrogens (tertiary/aromatic N) is 2. The Morgan fingerprint density at radius 3 is 1.05 bits per heavy atom. The smallest absolute Gasteiger partial charge is 0.0786 e.